The molecule has 0 bridgehead atoms. The van der Waals surface area contributed by atoms with Crippen LogP contribution in [0.5, 0.6) is 0 Å². The van der Waals surface area contributed by atoms with Gasteiger partial charge in [0.2, 0.25) is 0 Å². The van der Waals surface area contributed by atoms with Gasteiger partial charge in [0, 0.05) is 6.08 Å². The van der Waals surface area contributed by atoms with E-state index >= 15 is 0 Å². The van der Waals surface area contributed by atoms with Crippen molar-refractivity contribution in [3.05, 3.63) is 12.2 Å². The molecule has 138 valence electrons. The SMILES string of the molecule is CCCCCCCCCCCCCCCCC/C=C/C(=O)O.Cl. The second kappa shape index (κ2) is 21.5. The molecule has 0 heterocycles. The average Bonchev–Trinajstić information content (AvgIpc) is 2.50. The van der Waals surface area contributed by atoms with Crippen LogP contribution < -0.4 is 0 Å². The van der Waals surface area contributed by atoms with Gasteiger partial charge < -0.3 is 5.11 Å². The quantitative estimate of drug-likeness (QED) is 0.221. The van der Waals surface area contributed by atoms with Crippen molar-refractivity contribution in [2.24, 2.45) is 0 Å². The number of carbonyl (C=O) groups is 1. The van der Waals surface area contributed by atoms with Gasteiger partial charge in [0.05, 0.1) is 0 Å². The lowest BCUT2D eigenvalue weighted by Gasteiger charge is -2.03. The highest BCUT2D eigenvalue weighted by molar-refractivity contribution is 5.85. The zero-order chi connectivity index (χ0) is 16.3. The monoisotopic (exact) mass is 346 g/mol. The lowest BCUT2D eigenvalue weighted by Crippen LogP contribution is -1.86. The summed E-state index contributed by atoms with van der Waals surface area (Å²) in [6.45, 7) is 2.27. The van der Waals surface area contributed by atoms with Gasteiger partial charge in [-0.3, -0.25) is 0 Å². The van der Waals surface area contributed by atoms with Gasteiger partial charge in [-0.1, -0.05) is 103 Å². The molecule has 1 N–H and O–H groups in total. The van der Waals surface area contributed by atoms with Crippen LogP contribution in [0.3, 0.4) is 0 Å². The summed E-state index contributed by atoms with van der Waals surface area (Å²) in [6.07, 6.45) is 24.5. The Morgan fingerprint density at radius 3 is 1.39 bits per heavy atom. The maximum atomic E-state index is 10.3. The van der Waals surface area contributed by atoms with Crippen LogP contribution in [0, 0.1) is 0 Å². The van der Waals surface area contributed by atoms with Crippen LogP contribution in [0.4, 0.5) is 0 Å². The molecule has 0 saturated carbocycles. The molecule has 0 aromatic heterocycles. The first-order chi connectivity index (χ1) is 10.8. The lowest BCUT2D eigenvalue weighted by atomic mass is 10.0. The molecule has 2 nitrogen and oxygen atoms in total. The van der Waals surface area contributed by atoms with Crippen LogP contribution in [0.2, 0.25) is 0 Å². The molecule has 0 aromatic rings. The Kier molecular flexibility index (Phi) is 23.1. The third kappa shape index (κ3) is 23.9. The largest absolute Gasteiger partial charge is 0.478 e. The summed E-state index contributed by atoms with van der Waals surface area (Å²) < 4.78 is 0. The lowest BCUT2D eigenvalue weighted by molar-refractivity contribution is -0.131. The number of allylic oxidation sites excluding steroid dienone is 1. The van der Waals surface area contributed by atoms with E-state index in [2.05, 4.69) is 6.92 Å². The highest BCUT2D eigenvalue weighted by Crippen LogP contribution is 2.13. The number of unbranched alkanes of at least 4 members (excludes halogenated alkanes) is 15. The number of aliphatic carboxylic acids is 1. The number of carboxylic acids is 1. The molecule has 0 spiro atoms. The zero-order valence-corrected chi connectivity index (χ0v) is 16.0. The fraction of sp³-hybridized carbons (Fsp3) is 0.850. The molecule has 0 radical (unpaired) electrons. The number of carboxylic acid groups (broad SMARTS) is 1. The molecule has 0 fully saturated rings. The standard InChI is InChI=1S/C20H38O2.ClH/c1-2-3-4-5-6-7-8-9-10-11-12-13-14-15-16-17-18-19-20(21)22;/h18-19H,2-17H2,1H3,(H,21,22);1H/b19-18+;. The summed E-state index contributed by atoms with van der Waals surface area (Å²) in [4.78, 5) is 10.3. The summed E-state index contributed by atoms with van der Waals surface area (Å²) in [5.41, 5.74) is 0. The third-order valence-corrected chi connectivity index (χ3v) is 4.23. The van der Waals surface area contributed by atoms with Gasteiger partial charge >= 0.3 is 5.97 Å². The molecule has 0 saturated heterocycles. The summed E-state index contributed by atoms with van der Waals surface area (Å²) in [5.74, 6) is -0.832. The van der Waals surface area contributed by atoms with Gasteiger partial charge in [0.1, 0.15) is 0 Å². The van der Waals surface area contributed by atoms with Crippen LogP contribution in [0.25, 0.3) is 0 Å². The van der Waals surface area contributed by atoms with E-state index in [0.29, 0.717) is 0 Å². The van der Waals surface area contributed by atoms with Crippen molar-refractivity contribution in [1.29, 1.82) is 0 Å². The molecule has 23 heavy (non-hydrogen) atoms. The fourth-order valence-electron chi connectivity index (χ4n) is 2.82. The van der Waals surface area contributed by atoms with Crippen molar-refractivity contribution in [2.75, 3.05) is 0 Å². The minimum absolute atomic E-state index is 0. The summed E-state index contributed by atoms with van der Waals surface area (Å²) in [5, 5.41) is 8.45. The maximum Gasteiger partial charge on any atom is 0.327 e. The molecule has 0 aliphatic rings. The Bertz CT molecular complexity index is 264. The van der Waals surface area contributed by atoms with Crippen LogP contribution in [-0.4, -0.2) is 11.1 Å². The summed E-state index contributed by atoms with van der Waals surface area (Å²) in [7, 11) is 0. The van der Waals surface area contributed by atoms with Gasteiger partial charge in [-0.2, -0.15) is 0 Å². The van der Waals surface area contributed by atoms with Crippen molar-refractivity contribution < 1.29 is 9.90 Å². The van der Waals surface area contributed by atoms with E-state index in [1.165, 1.54) is 96.0 Å². The highest BCUT2D eigenvalue weighted by Gasteiger charge is 1.94. The van der Waals surface area contributed by atoms with E-state index in [9.17, 15) is 4.79 Å². The fourth-order valence-corrected chi connectivity index (χ4v) is 2.82. The van der Waals surface area contributed by atoms with E-state index in [1.807, 2.05) is 0 Å². The van der Waals surface area contributed by atoms with Crippen molar-refractivity contribution in [3.63, 3.8) is 0 Å². The second-order valence-corrected chi connectivity index (χ2v) is 6.48. The molecule has 0 aliphatic heterocycles. The minimum Gasteiger partial charge on any atom is -0.478 e. The van der Waals surface area contributed by atoms with Gasteiger partial charge in [0.15, 0.2) is 0 Å². The smallest absolute Gasteiger partial charge is 0.327 e. The van der Waals surface area contributed by atoms with Crippen molar-refractivity contribution in [3.8, 4) is 0 Å². The number of hydrogen-bond acceptors (Lipinski definition) is 1. The van der Waals surface area contributed by atoms with Gasteiger partial charge in [-0.25, -0.2) is 4.79 Å². The highest BCUT2D eigenvalue weighted by atomic mass is 35.5. The molecule has 0 unspecified atom stereocenters. The van der Waals surface area contributed by atoms with E-state index in [4.69, 9.17) is 5.11 Å². The maximum absolute atomic E-state index is 10.3. The molecule has 3 heteroatoms. The van der Waals surface area contributed by atoms with E-state index in [0.717, 1.165) is 12.8 Å². The zero-order valence-electron chi connectivity index (χ0n) is 15.2. The van der Waals surface area contributed by atoms with Gasteiger partial charge in [0.25, 0.3) is 0 Å². The first-order valence-electron chi connectivity index (χ1n) is 9.67. The average molecular weight is 347 g/mol. The van der Waals surface area contributed by atoms with Gasteiger partial charge in [-0.05, 0) is 12.8 Å². The first-order valence-corrected chi connectivity index (χ1v) is 9.67. The minimum atomic E-state index is -0.832. The van der Waals surface area contributed by atoms with Crippen LogP contribution >= 0.6 is 12.4 Å². The van der Waals surface area contributed by atoms with Crippen LogP contribution in [0.15, 0.2) is 12.2 Å². The molecule has 0 aromatic carbocycles. The molecular weight excluding hydrogens is 308 g/mol. The Morgan fingerprint density at radius 1 is 0.696 bits per heavy atom. The van der Waals surface area contributed by atoms with E-state index in [-0.39, 0.29) is 12.4 Å². The molecule has 0 rings (SSSR count). The van der Waals surface area contributed by atoms with Crippen molar-refractivity contribution >= 4 is 18.4 Å². The summed E-state index contributed by atoms with van der Waals surface area (Å²) >= 11 is 0. The number of rotatable bonds is 17. The predicted octanol–water partition coefficient (Wildman–Crippen LogP) is 7.31. The molecule has 0 aliphatic carbocycles. The predicted molar refractivity (Wildman–Crippen MR) is 104 cm³/mol. The number of hydrogen-bond donors (Lipinski definition) is 1. The Labute approximate surface area is 150 Å². The second-order valence-electron chi connectivity index (χ2n) is 6.48. The normalized spacial score (nSPS) is 10.8. The van der Waals surface area contributed by atoms with E-state index in [1.54, 1.807) is 6.08 Å². The van der Waals surface area contributed by atoms with E-state index < -0.39 is 5.97 Å². The Hall–Kier alpha value is -0.500. The van der Waals surface area contributed by atoms with Crippen molar-refractivity contribution in [1.82, 2.24) is 0 Å². The molecule has 0 amide bonds. The Balaban J connectivity index is 0. The van der Waals surface area contributed by atoms with Crippen molar-refractivity contribution in [2.45, 2.75) is 110 Å². The molecule has 0 atom stereocenters. The topological polar surface area (TPSA) is 37.3 Å². The van der Waals surface area contributed by atoms with Crippen LogP contribution in [0.1, 0.15) is 110 Å². The third-order valence-electron chi connectivity index (χ3n) is 4.23. The number of halogens is 1. The molecular formula is C20H39ClO2. The Morgan fingerprint density at radius 2 is 1.04 bits per heavy atom. The van der Waals surface area contributed by atoms with Crippen LogP contribution in [-0.2, 0) is 4.79 Å². The van der Waals surface area contributed by atoms with Gasteiger partial charge in [-0.15, -0.1) is 12.4 Å². The summed E-state index contributed by atoms with van der Waals surface area (Å²) in [6, 6.07) is 0. The first kappa shape index (κ1) is 24.7.